The van der Waals surface area contributed by atoms with Gasteiger partial charge in [0.05, 0.1) is 15.1 Å². The van der Waals surface area contributed by atoms with E-state index in [1.807, 2.05) is 12.1 Å². The van der Waals surface area contributed by atoms with Crippen LogP contribution < -0.4 is 14.4 Å². The Hall–Kier alpha value is -2.44. The number of piperidine rings is 1. The van der Waals surface area contributed by atoms with E-state index in [1.54, 1.807) is 33.5 Å². The van der Waals surface area contributed by atoms with Crippen LogP contribution in [0.5, 0.6) is 11.5 Å². The molecule has 5 rings (SSSR count). The zero-order chi connectivity index (χ0) is 26.9. The van der Waals surface area contributed by atoms with Crippen molar-refractivity contribution in [3.05, 3.63) is 42.0 Å². The average molecular weight is 595 g/mol. The fourth-order valence-electron chi connectivity index (χ4n) is 4.79. The molecule has 3 heterocycles. The molecule has 212 valence electrons. The third kappa shape index (κ3) is 6.17. The molecule has 0 bridgehead atoms. The van der Waals surface area contributed by atoms with E-state index in [0.29, 0.717) is 54.3 Å². The zero-order valence-corrected chi connectivity index (χ0v) is 24.9. The van der Waals surface area contributed by atoms with Gasteiger partial charge in [-0.25, -0.2) is 13.4 Å². The Morgan fingerprint density at radius 3 is 2.33 bits per heavy atom. The van der Waals surface area contributed by atoms with E-state index in [2.05, 4.69) is 25.7 Å². The van der Waals surface area contributed by atoms with Crippen LogP contribution in [0.2, 0.25) is 0 Å². The van der Waals surface area contributed by atoms with Crippen molar-refractivity contribution in [2.24, 2.45) is 5.92 Å². The third-order valence-corrected chi connectivity index (χ3v) is 10.3. The number of thiazole rings is 1. The molecule has 2 aliphatic heterocycles. The quantitative estimate of drug-likeness (QED) is 0.349. The molecule has 0 N–H and O–H groups in total. The first-order valence-electron chi connectivity index (χ1n) is 13.1. The number of rotatable bonds is 9. The normalized spacial score (nSPS) is 16.0. The number of hydrogen-bond acceptors (Lipinski definition) is 8. The van der Waals surface area contributed by atoms with Crippen molar-refractivity contribution >= 4 is 55.0 Å². The second kappa shape index (κ2) is 12.4. The van der Waals surface area contributed by atoms with Crippen LogP contribution in [0.25, 0.3) is 10.2 Å². The lowest BCUT2D eigenvalue weighted by Crippen LogP contribution is -2.39. The number of fused-ring (bicyclic) bond motifs is 2. The van der Waals surface area contributed by atoms with E-state index in [0.717, 1.165) is 36.1 Å². The Kier molecular flexibility index (Phi) is 9.38. The van der Waals surface area contributed by atoms with Gasteiger partial charge in [0.1, 0.15) is 0 Å². The van der Waals surface area contributed by atoms with Gasteiger partial charge in [-0.15, -0.1) is 12.4 Å². The highest BCUT2D eigenvalue weighted by Gasteiger charge is 2.29. The van der Waals surface area contributed by atoms with E-state index >= 15 is 0 Å². The minimum absolute atomic E-state index is 0. The number of likely N-dealkylation sites (N-methyl/N-ethyl adjacent to an activating group) is 1. The molecule has 0 spiro atoms. The zero-order valence-electron chi connectivity index (χ0n) is 22.5. The fraction of sp³-hybridized carbons (Fsp3) is 0.481. The molecule has 1 fully saturated rings. The summed E-state index contributed by atoms with van der Waals surface area (Å²) in [4.78, 5) is 22.7. The van der Waals surface area contributed by atoms with Crippen molar-refractivity contribution in [2.75, 3.05) is 51.0 Å². The smallest absolute Gasteiger partial charge is 0.260 e. The highest BCUT2D eigenvalue weighted by molar-refractivity contribution is 7.89. The van der Waals surface area contributed by atoms with Crippen LogP contribution in [0.15, 0.2) is 41.3 Å². The summed E-state index contributed by atoms with van der Waals surface area (Å²) in [6.45, 7) is 10.5. The van der Waals surface area contributed by atoms with Gasteiger partial charge >= 0.3 is 0 Å². The lowest BCUT2D eigenvalue weighted by Gasteiger charge is -2.29. The molecule has 12 heteroatoms. The Balaban J connectivity index is 0.00000353. The number of aromatic nitrogens is 1. The third-order valence-electron chi connectivity index (χ3n) is 7.36. The summed E-state index contributed by atoms with van der Waals surface area (Å²) in [6, 6.07) is 10.0. The van der Waals surface area contributed by atoms with E-state index in [4.69, 9.17) is 14.5 Å². The van der Waals surface area contributed by atoms with Gasteiger partial charge < -0.3 is 14.4 Å². The largest absolute Gasteiger partial charge is 0.454 e. The maximum atomic E-state index is 13.8. The van der Waals surface area contributed by atoms with Crippen molar-refractivity contribution in [3.8, 4) is 11.5 Å². The Bertz CT molecular complexity index is 1360. The number of ether oxygens (including phenoxy) is 2. The molecular formula is C27H35ClN4O5S2. The Morgan fingerprint density at radius 2 is 1.69 bits per heavy atom. The summed E-state index contributed by atoms with van der Waals surface area (Å²) in [7, 11) is -3.58. The van der Waals surface area contributed by atoms with Crippen molar-refractivity contribution < 1.29 is 22.7 Å². The molecule has 1 saturated heterocycles. The molecule has 3 aromatic rings. The van der Waals surface area contributed by atoms with Crippen molar-refractivity contribution in [2.45, 2.75) is 38.5 Å². The number of benzene rings is 2. The minimum atomic E-state index is -3.58. The van der Waals surface area contributed by atoms with Crippen LogP contribution in [0.4, 0.5) is 5.13 Å². The first-order valence-corrected chi connectivity index (χ1v) is 15.4. The molecule has 1 amide bonds. The van der Waals surface area contributed by atoms with E-state index in [1.165, 1.54) is 11.3 Å². The summed E-state index contributed by atoms with van der Waals surface area (Å²) < 4.78 is 39.8. The van der Waals surface area contributed by atoms with Gasteiger partial charge in [-0.2, -0.15) is 4.31 Å². The van der Waals surface area contributed by atoms with Crippen LogP contribution in [0.1, 0.15) is 44.0 Å². The Labute approximate surface area is 240 Å². The van der Waals surface area contributed by atoms with Crippen LogP contribution in [-0.2, 0) is 10.0 Å². The highest BCUT2D eigenvalue weighted by atomic mass is 35.5. The van der Waals surface area contributed by atoms with Gasteiger partial charge in [-0.3, -0.25) is 9.69 Å². The SMILES string of the molecule is CCN(CC)CCN(C(=O)c1ccc(S(=O)(=O)N2CCC(C)CC2)cc1)c1nc2cc3c(cc2s1)OCO3.Cl. The monoisotopic (exact) mass is 594 g/mol. The lowest BCUT2D eigenvalue weighted by molar-refractivity contribution is 0.0983. The van der Waals surface area contributed by atoms with Crippen LogP contribution in [0.3, 0.4) is 0 Å². The second-order valence-electron chi connectivity index (χ2n) is 9.76. The minimum Gasteiger partial charge on any atom is -0.454 e. The molecule has 0 atom stereocenters. The molecule has 0 unspecified atom stereocenters. The van der Waals surface area contributed by atoms with Crippen LogP contribution in [0, 0.1) is 5.92 Å². The number of halogens is 1. The lowest BCUT2D eigenvalue weighted by atomic mass is 10.0. The predicted molar refractivity (Wildman–Crippen MR) is 156 cm³/mol. The van der Waals surface area contributed by atoms with Crippen molar-refractivity contribution in [1.29, 1.82) is 0 Å². The maximum Gasteiger partial charge on any atom is 0.260 e. The van der Waals surface area contributed by atoms with Crippen molar-refractivity contribution in [1.82, 2.24) is 14.2 Å². The highest BCUT2D eigenvalue weighted by Crippen LogP contribution is 2.40. The fourth-order valence-corrected chi connectivity index (χ4v) is 7.26. The number of sulfonamides is 1. The summed E-state index contributed by atoms with van der Waals surface area (Å²) in [6.07, 6.45) is 1.72. The molecule has 0 radical (unpaired) electrons. The molecule has 9 nitrogen and oxygen atoms in total. The molecule has 2 aliphatic rings. The molecule has 1 aromatic heterocycles. The Morgan fingerprint density at radius 1 is 1.05 bits per heavy atom. The first kappa shape index (κ1) is 29.5. The number of amides is 1. The summed E-state index contributed by atoms with van der Waals surface area (Å²) >= 11 is 1.42. The number of carbonyl (C=O) groups is 1. The van der Waals surface area contributed by atoms with Gasteiger partial charge in [0.2, 0.25) is 16.8 Å². The van der Waals surface area contributed by atoms with Gasteiger partial charge in [-0.05, 0) is 56.1 Å². The summed E-state index contributed by atoms with van der Waals surface area (Å²) in [5, 5.41) is 0.583. The van der Waals surface area contributed by atoms with Gasteiger partial charge in [0.15, 0.2) is 16.6 Å². The second-order valence-corrected chi connectivity index (χ2v) is 12.7. The van der Waals surface area contributed by atoms with Crippen LogP contribution >= 0.6 is 23.7 Å². The van der Waals surface area contributed by atoms with Crippen LogP contribution in [-0.4, -0.2) is 74.6 Å². The van der Waals surface area contributed by atoms with E-state index < -0.39 is 10.0 Å². The number of anilines is 1. The topological polar surface area (TPSA) is 92.3 Å². The number of nitrogens with zero attached hydrogens (tertiary/aromatic N) is 4. The molecule has 0 saturated carbocycles. The molecule has 2 aromatic carbocycles. The van der Waals surface area contributed by atoms with E-state index in [-0.39, 0.29) is 30.0 Å². The molecular weight excluding hydrogens is 560 g/mol. The standard InChI is InChI=1S/C27H34N4O5S2.ClH/c1-4-29(5-2)14-15-31(27-28-22-16-23-24(36-18-35-23)17-25(22)37-27)26(32)20-6-8-21(9-7-20)38(33,34)30-12-10-19(3)11-13-30;/h6-9,16-17,19H,4-5,10-15,18H2,1-3H3;1H. The van der Waals surface area contributed by atoms with Crippen molar-refractivity contribution in [3.63, 3.8) is 0 Å². The summed E-state index contributed by atoms with van der Waals surface area (Å²) in [5.41, 5.74) is 1.16. The van der Waals surface area contributed by atoms with E-state index in [9.17, 15) is 13.2 Å². The van der Waals surface area contributed by atoms with Gasteiger partial charge in [-0.1, -0.05) is 32.1 Å². The predicted octanol–water partition coefficient (Wildman–Crippen LogP) is 4.86. The maximum absolute atomic E-state index is 13.8. The number of hydrogen-bond donors (Lipinski definition) is 0. The van der Waals surface area contributed by atoms with Gasteiger partial charge in [0, 0.05) is 43.9 Å². The first-order chi connectivity index (χ1) is 18.3. The molecule has 0 aliphatic carbocycles. The average Bonchev–Trinajstić information content (AvgIpc) is 3.55. The van der Waals surface area contributed by atoms with Gasteiger partial charge in [0.25, 0.3) is 5.91 Å². The number of carbonyl (C=O) groups excluding carboxylic acids is 1. The summed E-state index contributed by atoms with van der Waals surface area (Å²) in [5.74, 6) is 1.64. The molecule has 39 heavy (non-hydrogen) atoms.